The Morgan fingerprint density at radius 3 is 2.85 bits per heavy atom. The summed E-state index contributed by atoms with van der Waals surface area (Å²) in [5.74, 6) is 2.12. The quantitative estimate of drug-likeness (QED) is 0.786. The molecule has 6 nitrogen and oxygen atoms in total. The molecule has 1 heterocycles. The number of hydrogen-bond acceptors (Lipinski definition) is 5. The van der Waals surface area contributed by atoms with E-state index in [0.29, 0.717) is 28.8 Å². The fourth-order valence-corrected chi connectivity index (χ4v) is 4.28. The first kappa shape index (κ1) is 12.5. The van der Waals surface area contributed by atoms with Crippen LogP contribution in [0.4, 0.5) is 9.93 Å². The van der Waals surface area contributed by atoms with Gasteiger partial charge in [0.05, 0.1) is 0 Å². The van der Waals surface area contributed by atoms with Gasteiger partial charge in [-0.1, -0.05) is 11.3 Å². The van der Waals surface area contributed by atoms with Crippen LogP contribution in [0.2, 0.25) is 0 Å². The predicted octanol–water partition coefficient (Wildman–Crippen LogP) is 1.55. The number of aliphatic hydroxyl groups excluding tert-OH is 1. The molecule has 4 rings (SSSR count). The van der Waals surface area contributed by atoms with Gasteiger partial charge in [-0.25, -0.2) is 4.79 Å². The van der Waals surface area contributed by atoms with Gasteiger partial charge in [0, 0.05) is 18.6 Å². The van der Waals surface area contributed by atoms with Gasteiger partial charge in [-0.3, -0.25) is 5.32 Å². The molecule has 2 amide bonds. The van der Waals surface area contributed by atoms with Crippen molar-refractivity contribution in [3.05, 3.63) is 5.01 Å². The summed E-state index contributed by atoms with van der Waals surface area (Å²) in [5.41, 5.74) is 0. The minimum atomic E-state index is -0.197. The number of carbonyl (C=O) groups is 1. The van der Waals surface area contributed by atoms with E-state index in [0.717, 1.165) is 17.8 Å². The number of rotatable bonds is 4. The number of amides is 2. The number of aliphatic hydroxyl groups is 1. The highest BCUT2D eigenvalue weighted by Crippen LogP contribution is 2.55. The summed E-state index contributed by atoms with van der Waals surface area (Å²) in [4.78, 5) is 12.0. The molecule has 20 heavy (non-hydrogen) atoms. The van der Waals surface area contributed by atoms with Crippen LogP contribution in [0.15, 0.2) is 0 Å². The second-order valence-electron chi connectivity index (χ2n) is 6.17. The standard InChI is InChI=1S/C13H18N4O2S/c18-5-7-3-10(9-4-8(7)9)14-12(19)15-13-17-16-11(20-13)6-1-2-6/h6-10,18H,1-5H2,(H2,14,15,17,19)/t7-,8-,9-,10-/m0/s1. The van der Waals surface area contributed by atoms with Crippen LogP contribution in [0.5, 0.6) is 0 Å². The normalized spacial score (nSPS) is 34.6. The number of anilines is 1. The van der Waals surface area contributed by atoms with E-state index in [-0.39, 0.29) is 18.7 Å². The van der Waals surface area contributed by atoms with E-state index in [1.807, 2.05) is 0 Å². The Balaban J connectivity index is 1.32. The smallest absolute Gasteiger partial charge is 0.321 e. The van der Waals surface area contributed by atoms with Gasteiger partial charge in [-0.05, 0) is 43.4 Å². The summed E-state index contributed by atoms with van der Waals surface area (Å²) in [6.07, 6.45) is 4.41. The second-order valence-corrected chi connectivity index (χ2v) is 7.18. The van der Waals surface area contributed by atoms with Crippen LogP contribution >= 0.6 is 11.3 Å². The first-order chi connectivity index (χ1) is 9.74. The molecule has 0 spiro atoms. The molecule has 3 aliphatic rings. The molecule has 1 aromatic rings. The zero-order valence-corrected chi connectivity index (χ0v) is 11.9. The summed E-state index contributed by atoms with van der Waals surface area (Å²) in [6, 6.07) is 0.00529. The molecule has 3 saturated carbocycles. The van der Waals surface area contributed by atoms with Gasteiger partial charge in [0.2, 0.25) is 5.13 Å². The van der Waals surface area contributed by atoms with E-state index >= 15 is 0 Å². The maximum absolute atomic E-state index is 12.0. The van der Waals surface area contributed by atoms with Crippen molar-refractivity contribution in [1.29, 1.82) is 0 Å². The van der Waals surface area contributed by atoms with Gasteiger partial charge < -0.3 is 10.4 Å². The Kier molecular flexibility index (Phi) is 2.92. The SMILES string of the molecule is O=C(Nc1nnc(C2CC2)s1)N[C@H]1C[C@@H](CO)[C@@H]2C[C@@H]21. The van der Waals surface area contributed by atoms with Gasteiger partial charge in [-0.15, -0.1) is 10.2 Å². The van der Waals surface area contributed by atoms with E-state index in [1.165, 1.54) is 24.2 Å². The van der Waals surface area contributed by atoms with Crippen LogP contribution in [0.3, 0.4) is 0 Å². The number of carbonyl (C=O) groups excluding carboxylic acids is 1. The minimum absolute atomic E-state index is 0.197. The number of nitrogens with one attached hydrogen (secondary N) is 2. The van der Waals surface area contributed by atoms with Gasteiger partial charge in [0.1, 0.15) is 5.01 Å². The Hall–Kier alpha value is -1.21. The fourth-order valence-electron chi connectivity index (χ4n) is 3.37. The first-order valence-electron chi connectivity index (χ1n) is 7.26. The zero-order chi connectivity index (χ0) is 13.7. The maximum atomic E-state index is 12.0. The number of urea groups is 1. The van der Waals surface area contributed by atoms with Crippen LogP contribution in [0.25, 0.3) is 0 Å². The van der Waals surface area contributed by atoms with E-state index < -0.39 is 0 Å². The number of hydrogen-bond donors (Lipinski definition) is 3. The molecule has 7 heteroatoms. The minimum Gasteiger partial charge on any atom is -0.396 e. The van der Waals surface area contributed by atoms with E-state index in [2.05, 4.69) is 20.8 Å². The highest BCUT2D eigenvalue weighted by molar-refractivity contribution is 7.15. The molecule has 3 aliphatic carbocycles. The van der Waals surface area contributed by atoms with Crippen molar-refractivity contribution in [3.63, 3.8) is 0 Å². The van der Waals surface area contributed by atoms with Crippen LogP contribution in [-0.2, 0) is 0 Å². The molecule has 0 radical (unpaired) electrons. The van der Waals surface area contributed by atoms with E-state index in [4.69, 9.17) is 0 Å². The molecule has 4 atom stereocenters. The van der Waals surface area contributed by atoms with Crippen LogP contribution in [0, 0.1) is 17.8 Å². The van der Waals surface area contributed by atoms with Crippen LogP contribution < -0.4 is 10.6 Å². The van der Waals surface area contributed by atoms with Gasteiger partial charge in [0.25, 0.3) is 0 Å². The van der Waals surface area contributed by atoms with Crippen molar-refractivity contribution in [1.82, 2.24) is 15.5 Å². The molecule has 0 unspecified atom stereocenters. The third-order valence-corrected chi connectivity index (χ3v) is 5.71. The molecule has 0 aromatic carbocycles. The molecule has 3 fully saturated rings. The van der Waals surface area contributed by atoms with Gasteiger partial charge in [0.15, 0.2) is 0 Å². The summed E-state index contributed by atoms with van der Waals surface area (Å²) in [5, 5.41) is 24.8. The topological polar surface area (TPSA) is 87.1 Å². The molecule has 0 aliphatic heterocycles. The van der Waals surface area contributed by atoms with E-state index in [1.54, 1.807) is 0 Å². The Morgan fingerprint density at radius 2 is 2.15 bits per heavy atom. The molecular weight excluding hydrogens is 276 g/mol. The molecule has 0 bridgehead atoms. The molecule has 108 valence electrons. The Labute approximate surface area is 121 Å². The molecular formula is C13H18N4O2S. The Morgan fingerprint density at radius 1 is 1.30 bits per heavy atom. The lowest BCUT2D eigenvalue weighted by Gasteiger charge is -2.16. The first-order valence-corrected chi connectivity index (χ1v) is 8.08. The van der Waals surface area contributed by atoms with Crippen molar-refractivity contribution < 1.29 is 9.90 Å². The lowest BCUT2D eigenvalue weighted by atomic mass is 10.0. The van der Waals surface area contributed by atoms with Gasteiger partial charge in [-0.2, -0.15) is 0 Å². The lowest BCUT2D eigenvalue weighted by molar-refractivity contribution is 0.209. The summed E-state index contributed by atoms with van der Waals surface area (Å²) >= 11 is 1.47. The van der Waals surface area contributed by atoms with Crippen LogP contribution in [0.1, 0.15) is 36.6 Å². The van der Waals surface area contributed by atoms with Crippen molar-refractivity contribution >= 4 is 22.5 Å². The average Bonchev–Trinajstić information content (AvgIpc) is 3.34. The number of aromatic nitrogens is 2. The third kappa shape index (κ3) is 2.29. The highest BCUT2D eigenvalue weighted by atomic mass is 32.1. The van der Waals surface area contributed by atoms with E-state index in [9.17, 15) is 9.90 Å². The molecule has 0 saturated heterocycles. The summed E-state index contributed by atoms with van der Waals surface area (Å²) in [7, 11) is 0. The zero-order valence-electron chi connectivity index (χ0n) is 11.1. The largest absolute Gasteiger partial charge is 0.396 e. The summed E-state index contributed by atoms with van der Waals surface area (Å²) < 4.78 is 0. The third-order valence-electron chi connectivity index (χ3n) is 4.71. The summed E-state index contributed by atoms with van der Waals surface area (Å²) in [6.45, 7) is 0.238. The lowest BCUT2D eigenvalue weighted by Crippen LogP contribution is -2.38. The predicted molar refractivity (Wildman–Crippen MR) is 74.6 cm³/mol. The van der Waals surface area contributed by atoms with Crippen molar-refractivity contribution in [2.45, 2.75) is 37.6 Å². The van der Waals surface area contributed by atoms with Gasteiger partial charge >= 0.3 is 6.03 Å². The van der Waals surface area contributed by atoms with Crippen molar-refractivity contribution in [3.8, 4) is 0 Å². The van der Waals surface area contributed by atoms with Crippen LogP contribution in [-0.4, -0.2) is 34.0 Å². The Bertz CT molecular complexity index is 530. The highest BCUT2D eigenvalue weighted by Gasteiger charge is 2.54. The monoisotopic (exact) mass is 294 g/mol. The fraction of sp³-hybridized carbons (Fsp3) is 0.769. The molecule has 1 aromatic heterocycles. The average molecular weight is 294 g/mol. The van der Waals surface area contributed by atoms with Crippen molar-refractivity contribution in [2.24, 2.45) is 17.8 Å². The molecule has 3 N–H and O–H groups in total. The van der Waals surface area contributed by atoms with Crippen molar-refractivity contribution in [2.75, 3.05) is 11.9 Å². The number of fused-ring (bicyclic) bond motifs is 1. The maximum Gasteiger partial charge on any atom is 0.321 e. The second kappa shape index (κ2) is 4.66. The number of nitrogens with zero attached hydrogens (tertiary/aromatic N) is 2.